The van der Waals surface area contributed by atoms with Crippen molar-refractivity contribution in [1.29, 1.82) is 0 Å². The Balaban J connectivity index is 2.09. The Labute approximate surface area is 131 Å². The van der Waals surface area contributed by atoms with Crippen molar-refractivity contribution in [1.82, 2.24) is 4.72 Å². The number of carbonyl (C=O) groups is 1. The highest BCUT2D eigenvalue weighted by atomic mass is 32.2. The molecule has 0 radical (unpaired) electrons. The van der Waals surface area contributed by atoms with Crippen molar-refractivity contribution in [3.05, 3.63) is 23.8 Å². The summed E-state index contributed by atoms with van der Waals surface area (Å²) in [5, 5.41) is 0. The highest BCUT2D eigenvalue weighted by Crippen LogP contribution is 2.30. The van der Waals surface area contributed by atoms with E-state index in [1.807, 2.05) is 0 Å². The lowest BCUT2D eigenvalue weighted by atomic mass is 10.2. The first kappa shape index (κ1) is 16.9. The van der Waals surface area contributed by atoms with Gasteiger partial charge in [-0.3, -0.25) is 4.79 Å². The van der Waals surface area contributed by atoms with Gasteiger partial charge in [0, 0.05) is 39.4 Å². The van der Waals surface area contributed by atoms with Crippen LogP contribution in [0.25, 0.3) is 0 Å². The fourth-order valence-electron chi connectivity index (χ4n) is 2.51. The van der Waals surface area contributed by atoms with Crippen LogP contribution in [0.2, 0.25) is 0 Å². The summed E-state index contributed by atoms with van der Waals surface area (Å²) in [4.78, 5) is 13.4. The molecular weight excluding hydrogens is 304 g/mol. The smallest absolute Gasteiger partial charge is 0.240 e. The molecule has 1 N–H and O–H groups in total. The quantitative estimate of drug-likeness (QED) is 0.766. The molecule has 0 spiro atoms. The third kappa shape index (κ3) is 3.85. The second-order valence-corrected chi connectivity index (χ2v) is 7.08. The molecule has 0 bridgehead atoms. The molecule has 1 amide bonds. The van der Waals surface area contributed by atoms with Crippen LogP contribution in [-0.2, 0) is 26.0 Å². The molecule has 1 heterocycles. The maximum absolute atomic E-state index is 12.3. The van der Waals surface area contributed by atoms with E-state index in [1.54, 1.807) is 30.2 Å². The lowest BCUT2D eigenvalue weighted by Crippen LogP contribution is -2.27. The molecule has 122 valence electrons. The van der Waals surface area contributed by atoms with Crippen LogP contribution in [0.3, 0.4) is 0 Å². The molecule has 0 aliphatic carbocycles. The van der Waals surface area contributed by atoms with Crippen molar-refractivity contribution >= 4 is 21.6 Å². The maximum Gasteiger partial charge on any atom is 0.240 e. The summed E-state index contributed by atoms with van der Waals surface area (Å²) < 4.78 is 32.1. The number of hydrogen-bond acceptors (Lipinski definition) is 4. The third-order valence-electron chi connectivity index (χ3n) is 3.71. The first-order valence-corrected chi connectivity index (χ1v) is 8.83. The lowest BCUT2D eigenvalue weighted by Gasteiger charge is -2.15. The summed E-state index contributed by atoms with van der Waals surface area (Å²) in [5.41, 5.74) is 1.71. The van der Waals surface area contributed by atoms with Gasteiger partial charge in [0.2, 0.25) is 15.9 Å². The topological polar surface area (TPSA) is 75.7 Å². The Morgan fingerprint density at radius 2 is 2.14 bits per heavy atom. The van der Waals surface area contributed by atoms with Gasteiger partial charge in [0.15, 0.2) is 0 Å². The van der Waals surface area contributed by atoms with Gasteiger partial charge in [-0.25, -0.2) is 13.1 Å². The normalized spacial score (nSPS) is 14.2. The van der Waals surface area contributed by atoms with Gasteiger partial charge < -0.3 is 9.64 Å². The van der Waals surface area contributed by atoms with Crippen molar-refractivity contribution in [3.8, 4) is 0 Å². The Hall–Kier alpha value is -1.44. The van der Waals surface area contributed by atoms with Gasteiger partial charge in [-0.05, 0) is 37.0 Å². The number of rotatable bonds is 7. The van der Waals surface area contributed by atoms with E-state index in [4.69, 9.17) is 4.74 Å². The fraction of sp³-hybridized carbons (Fsp3) is 0.533. The van der Waals surface area contributed by atoms with Crippen molar-refractivity contribution in [3.63, 3.8) is 0 Å². The number of fused-ring (bicyclic) bond motifs is 1. The van der Waals surface area contributed by atoms with Crippen LogP contribution in [0.4, 0.5) is 5.69 Å². The van der Waals surface area contributed by atoms with Crippen LogP contribution >= 0.6 is 0 Å². The van der Waals surface area contributed by atoms with Gasteiger partial charge in [0.1, 0.15) is 0 Å². The van der Waals surface area contributed by atoms with E-state index in [0.29, 0.717) is 25.4 Å². The van der Waals surface area contributed by atoms with Crippen LogP contribution < -0.4 is 9.62 Å². The number of methoxy groups -OCH3 is 1. The SMILES string of the molecule is COCCCCNS(=O)(=O)c1ccc2c(c1)N(C(C)=O)CC2. The van der Waals surface area contributed by atoms with Crippen LogP contribution in [0.15, 0.2) is 23.1 Å². The Bertz CT molecular complexity index is 643. The van der Waals surface area contributed by atoms with Gasteiger partial charge in [-0.15, -0.1) is 0 Å². The summed E-state index contributed by atoms with van der Waals surface area (Å²) in [6, 6.07) is 4.97. The highest BCUT2D eigenvalue weighted by Gasteiger charge is 2.24. The molecular formula is C15H22N2O4S. The van der Waals surface area contributed by atoms with E-state index >= 15 is 0 Å². The third-order valence-corrected chi connectivity index (χ3v) is 5.17. The average Bonchev–Trinajstić information content (AvgIpc) is 2.90. The number of amides is 1. The number of hydrogen-bond donors (Lipinski definition) is 1. The molecule has 1 aliphatic heterocycles. The molecule has 0 saturated heterocycles. The van der Waals surface area contributed by atoms with Gasteiger partial charge in [0.05, 0.1) is 4.90 Å². The second kappa shape index (κ2) is 7.21. The number of carbonyl (C=O) groups excluding carboxylic acids is 1. The zero-order valence-corrected chi connectivity index (χ0v) is 13.8. The Kier molecular flexibility index (Phi) is 5.55. The van der Waals surface area contributed by atoms with Crippen LogP contribution in [0.1, 0.15) is 25.3 Å². The highest BCUT2D eigenvalue weighted by molar-refractivity contribution is 7.89. The monoisotopic (exact) mass is 326 g/mol. The number of sulfonamides is 1. The molecule has 1 aromatic carbocycles. The molecule has 6 nitrogen and oxygen atoms in total. The number of benzene rings is 1. The number of ether oxygens (including phenoxy) is 1. The number of unbranched alkanes of at least 4 members (excludes halogenated alkanes) is 1. The molecule has 1 aliphatic rings. The predicted molar refractivity (Wildman–Crippen MR) is 84.5 cm³/mol. The molecule has 1 aromatic rings. The number of nitrogens with zero attached hydrogens (tertiary/aromatic N) is 1. The lowest BCUT2D eigenvalue weighted by molar-refractivity contribution is -0.116. The van der Waals surface area contributed by atoms with Crippen molar-refractivity contribution in [2.75, 3.05) is 31.7 Å². The Morgan fingerprint density at radius 3 is 2.82 bits per heavy atom. The maximum atomic E-state index is 12.3. The van der Waals surface area contributed by atoms with E-state index in [2.05, 4.69) is 4.72 Å². The molecule has 7 heteroatoms. The molecule has 0 unspecified atom stereocenters. The summed E-state index contributed by atoms with van der Waals surface area (Å²) in [5.74, 6) is -0.0687. The number of nitrogens with one attached hydrogen (secondary N) is 1. The minimum absolute atomic E-state index is 0.0687. The standard InChI is InChI=1S/C15H22N2O4S/c1-12(18)17-9-7-13-5-6-14(11-15(13)17)22(19,20)16-8-3-4-10-21-2/h5-6,11,16H,3-4,7-10H2,1-2H3. The predicted octanol–water partition coefficient (Wildman–Crippen LogP) is 1.30. The van der Waals surface area contributed by atoms with E-state index in [-0.39, 0.29) is 10.8 Å². The van der Waals surface area contributed by atoms with Crippen molar-refractivity contribution < 1.29 is 17.9 Å². The second-order valence-electron chi connectivity index (χ2n) is 5.31. The minimum Gasteiger partial charge on any atom is -0.385 e. The van der Waals surface area contributed by atoms with E-state index in [9.17, 15) is 13.2 Å². The average molecular weight is 326 g/mol. The van der Waals surface area contributed by atoms with E-state index in [1.165, 1.54) is 6.92 Å². The van der Waals surface area contributed by atoms with Crippen molar-refractivity contribution in [2.24, 2.45) is 0 Å². The first-order chi connectivity index (χ1) is 10.5. The molecule has 0 fully saturated rings. The van der Waals surface area contributed by atoms with Gasteiger partial charge in [-0.2, -0.15) is 0 Å². The Morgan fingerprint density at radius 1 is 1.36 bits per heavy atom. The minimum atomic E-state index is -3.55. The summed E-state index contributed by atoms with van der Waals surface area (Å²) in [6.07, 6.45) is 2.29. The fourth-order valence-corrected chi connectivity index (χ4v) is 3.61. The zero-order valence-electron chi connectivity index (χ0n) is 13.0. The summed E-state index contributed by atoms with van der Waals surface area (Å²) in [7, 11) is -1.93. The molecule has 22 heavy (non-hydrogen) atoms. The van der Waals surface area contributed by atoms with Crippen LogP contribution in [-0.4, -0.2) is 41.1 Å². The zero-order chi connectivity index (χ0) is 16.2. The van der Waals surface area contributed by atoms with Gasteiger partial charge in [0.25, 0.3) is 0 Å². The molecule has 0 saturated carbocycles. The molecule has 0 aromatic heterocycles. The summed E-state index contributed by atoms with van der Waals surface area (Å²) in [6.45, 7) is 3.09. The van der Waals surface area contributed by atoms with Crippen LogP contribution in [0, 0.1) is 0 Å². The van der Waals surface area contributed by atoms with E-state index in [0.717, 1.165) is 24.8 Å². The number of anilines is 1. The van der Waals surface area contributed by atoms with Gasteiger partial charge >= 0.3 is 0 Å². The largest absolute Gasteiger partial charge is 0.385 e. The summed E-state index contributed by atoms with van der Waals surface area (Å²) >= 11 is 0. The molecule has 0 atom stereocenters. The van der Waals surface area contributed by atoms with Crippen molar-refractivity contribution in [2.45, 2.75) is 31.1 Å². The first-order valence-electron chi connectivity index (χ1n) is 7.35. The van der Waals surface area contributed by atoms with Gasteiger partial charge in [-0.1, -0.05) is 6.07 Å². The molecule has 2 rings (SSSR count). The van der Waals surface area contributed by atoms with E-state index < -0.39 is 10.0 Å². The van der Waals surface area contributed by atoms with Crippen LogP contribution in [0.5, 0.6) is 0 Å².